The van der Waals surface area contributed by atoms with E-state index < -0.39 is 0 Å². The van der Waals surface area contributed by atoms with Gasteiger partial charge in [0.2, 0.25) is 0 Å². The Labute approximate surface area is 234 Å². The van der Waals surface area contributed by atoms with Gasteiger partial charge in [0, 0.05) is 29.6 Å². The Morgan fingerprint density at radius 2 is 1.65 bits per heavy atom. The molecule has 3 aromatic carbocycles. The number of aryl methyl sites for hydroxylation is 3. The fraction of sp³-hybridized carbons (Fsp3) is 0.312. The van der Waals surface area contributed by atoms with Crippen molar-refractivity contribution < 1.29 is 4.74 Å². The van der Waals surface area contributed by atoms with Gasteiger partial charge < -0.3 is 9.72 Å². The lowest BCUT2D eigenvalue weighted by molar-refractivity contribution is 0.161. The molecule has 0 amide bonds. The molecule has 2 aromatic heterocycles. The smallest absolute Gasteiger partial charge is 0.252 e. The summed E-state index contributed by atoms with van der Waals surface area (Å²) in [6.45, 7) is 10.0. The number of aromatic nitrogens is 5. The quantitative estimate of drug-likeness (QED) is 0.248. The number of methoxy groups -OCH3 is 1. The van der Waals surface area contributed by atoms with E-state index >= 15 is 0 Å². The highest BCUT2D eigenvalue weighted by atomic mass is 16.5. The van der Waals surface area contributed by atoms with Crippen molar-refractivity contribution in [3.8, 4) is 5.75 Å². The lowest BCUT2D eigenvalue weighted by Gasteiger charge is -2.30. The van der Waals surface area contributed by atoms with Crippen LogP contribution in [-0.4, -0.2) is 37.2 Å². The second kappa shape index (κ2) is 11.8. The average molecular weight is 537 g/mol. The van der Waals surface area contributed by atoms with Crippen molar-refractivity contribution in [3.05, 3.63) is 116 Å². The van der Waals surface area contributed by atoms with Gasteiger partial charge >= 0.3 is 0 Å². The molecule has 0 aliphatic rings. The second-order valence-corrected chi connectivity index (χ2v) is 10.5. The zero-order chi connectivity index (χ0) is 28.2. The van der Waals surface area contributed by atoms with E-state index in [9.17, 15) is 4.79 Å². The number of ether oxygens (including phenoxy) is 1. The molecule has 0 saturated heterocycles. The Morgan fingerprint density at radius 3 is 2.35 bits per heavy atom. The average Bonchev–Trinajstić information content (AvgIpc) is 3.39. The van der Waals surface area contributed by atoms with Gasteiger partial charge in [-0.2, -0.15) is 0 Å². The minimum atomic E-state index is -0.108. The molecule has 1 atom stereocenters. The molecule has 2 heterocycles. The van der Waals surface area contributed by atoms with Crippen LogP contribution in [0.4, 0.5) is 0 Å². The van der Waals surface area contributed by atoms with Crippen LogP contribution in [0.15, 0.2) is 71.5 Å². The Morgan fingerprint density at radius 1 is 0.925 bits per heavy atom. The van der Waals surface area contributed by atoms with Crippen LogP contribution in [-0.2, 0) is 19.6 Å². The van der Waals surface area contributed by atoms with E-state index in [0.29, 0.717) is 19.6 Å². The summed E-state index contributed by atoms with van der Waals surface area (Å²) in [5.74, 6) is 1.58. The summed E-state index contributed by atoms with van der Waals surface area (Å²) in [6, 6.07) is 22.6. The van der Waals surface area contributed by atoms with Crippen molar-refractivity contribution in [2.75, 3.05) is 7.11 Å². The first kappa shape index (κ1) is 27.3. The lowest BCUT2D eigenvalue weighted by Crippen LogP contribution is -2.32. The molecule has 1 N–H and O–H groups in total. The van der Waals surface area contributed by atoms with Gasteiger partial charge in [-0.05, 0) is 84.1 Å². The Hall–Kier alpha value is -4.30. The van der Waals surface area contributed by atoms with Crippen LogP contribution in [0.3, 0.4) is 0 Å². The number of hydrogen-bond donors (Lipinski definition) is 1. The Kier molecular flexibility index (Phi) is 8.07. The van der Waals surface area contributed by atoms with Crippen LogP contribution in [0.2, 0.25) is 0 Å². The SMILES string of the molecule is CCC(c1nnnn1Cc1ccc(OC)cc1)N(Cc1ccc(C)cc1)Cc1cc2c(C)cc(C)cc2[nH]c1=O. The maximum absolute atomic E-state index is 13.3. The van der Waals surface area contributed by atoms with Crippen molar-refractivity contribution >= 4 is 10.9 Å². The predicted octanol–water partition coefficient (Wildman–Crippen LogP) is 5.65. The third-order valence-electron chi connectivity index (χ3n) is 7.45. The van der Waals surface area contributed by atoms with Crippen LogP contribution in [0.25, 0.3) is 10.9 Å². The van der Waals surface area contributed by atoms with E-state index in [0.717, 1.165) is 51.2 Å². The highest BCUT2D eigenvalue weighted by Gasteiger charge is 2.26. The molecule has 40 heavy (non-hydrogen) atoms. The van der Waals surface area contributed by atoms with Gasteiger partial charge in [0.15, 0.2) is 5.82 Å². The predicted molar refractivity (Wildman–Crippen MR) is 157 cm³/mol. The molecule has 5 rings (SSSR count). The number of pyridine rings is 1. The van der Waals surface area contributed by atoms with Crippen LogP contribution in [0.1, 0.15) is 58.6 Å². The molecule has 0 aliphatic carbocycles. The van der Waals surface area contributed by atoms with Crippen molar-refractivity contribution in [2.45, 2.75) is 59.8 Å². The Bertz CT molecular complexity index is 1650. The molecular weight excluding hydrogens is 500 g/mol. The third kappa shape index (κ3) is 5.97. The van der Waals surface area contributed by atoms with Crippen molar-refractivity contribution in [2.24, 2.45) is 0 Å². The van der Waals surface area contributed by atoms with Crippen LogP contribution >= 0.6 is 0 Å². The first-order chi connectivity index (χ1) is 19.3. The molecule has 1 unspecified atom stereocenters. The number of benzene rings is 3. The molecule has 0 aliphatic heterocycles. The van der Waals surface area contributed by atoms with Crippen molar-refractivity contribution in [3.63, 3.8) is 0 Å². The Balaban J connectivity index is 1.52. The van der Waals surface area contributed by atoms with Gasteiger partial charge in [0.05, 0.1) is 19.7 Å². The maximum Gasteiger partial charge on any atom is 0.252 e. The normalized spacial score (nSPS) is 12.2. The summed E-state index contributed by atoms with van der Waals surface area (Å²) in [7, 11) is 1.66. The number of nitrogens with zero attached hydrogens (tertiary/aromatic N) is 5. The van der Waals surface area contributed by atoms with Gasteiger partial charge in [-0.1, -0.05) is 55.0 Å². The summed E-state index contributed by atoms with van der Waals surface area (Å²) in [5.41, 5.74) is 7.25. The van der Waals surface area contributed by atoms with Gasteiger partial charge in [-0.15, -0.1) is 5.10 Å². The molecule has 0 bridgehead atoms. The van der Waals surface area contributed by atoms with E-state index in [1.807, 2.05) is 48.0 Å². The number of hydrogen-bond acceptors (Lipinski definition) is 6. The zero-order valence-electron chi connectivity index (χ0n) is 23.8. The minimum Gasteiger partial charge on any atom is -0.497 e. The van der Waals surface area contributed by atoms with E-state index in [1.165, 1.54) is 11.1 Å². The topological polar surface area (TPSA) is 88.9 Å². The van der Waals surface area contributed by atoms with E-state index in [1.54, 1.807) is 7.11 Å². The van der Waals surface area contributed by atoms with E-state index in [2.05, 4.69) is 76.5 Å². The summed E-state index contributed by atoms with van der Waals surface area (Å²) in [6.07, 6.45) is 0.776. The molecule has 8 nitrogen and oxygen atoms in total. The maximum atomic E-state index is 13.3. The molecule has 0 saturated carbocycles. The molecule has 8 heteroatoms. The molecule has 5 aromatic rings. The van der Waals surface area contributed by atoms with E-state index in [4.69, 9.17) is 4.74 Å². The monoisotopic (exact) mass is 536 g/mol. The fourth-order valence-electron chi connectivity index (χ4n) is 5.33. The number of H-pyrrole nitrogens is 1. The van der Waals surface area contributed by atoms with Gasteiger partial charge in [-0.3, -0.25) is 9.69 Å². The molecule has 206 valence electrons. The molecule has 0 fully saturated rings. The van der Waals surface area contributed by atoms with E-state index in [-0.39, 0.29) is 11.6 Å². The van der Waals surface area contributed by atoms with Crippen LogP contribution in [0.5, 0.6) is 5.75 Å². The number of nitrogens with one attached hydrogen (secondary N) is 1. The summed E-state index contributed by atoms with van der Waals surface area (Å²) >= 11 is 0. The number of rotatable bonds is 10. The summed E-state index contributed by atoms with van der Waals surface area (Å²) < 4.78 is 7.16. The lowest BCUT2D eigenvalue weighted by atomic mass is 10.0. The summed E-state index contributed by atoms with van der Waals surface area (Å²) in [4.78, 5) is 18.7. The first-order valence-electron chi connectivity index (χ1n) is 13.7. The summed E-state index contributed by atoms with van der Waals surface area (Å²) in [5, 5.41) is 13.9. The molecular formula is C32H36N6O2. The zero-order valence-corrected chi connectivity index (χ0v) is 23.8. The van der Waals surface area contributed by atoms with Crippen LogP contribution < -0.4 is 10.3 Å². The standard InChI is InChI=1S/C32H36N6O2/c1-6-30(31-34-35-36-38(31)19-25-11-13-27(40-5)14-12-25)37(18-24-9-7-21(2)8-10-24)20-26-17-28-23(4)15-22(3)16-29(28)33-32(26)39/h7-17,30H,6,18-20H2,1-5H3,(H,33,39). The molecule has 0 radical (unpaired) electrons. The highest BCUT2D eigenvalue weighted by molar-refractivity contribution is 5.83. The second-order valence-electron chi connectivity index (χ2n) is 10.5. The highest BCUT2D eigenvalue weighted by Crippen LogP contribution is 2.28. The third-order valence-corrected chi connectivity index (χ3v) is 7.45. The number of tetrazole rings is 1. The minimum absolute atomic E-state index is 0.0703. The van der Waals surface area contributed by atoms with Crippen molar-refractivity contribution in [1.82, 2.24) is 30.1 Å². The van der Waals surface area contributed by atoms with Gasteiger partial charge in [0.1, 0.15) is 5.75 Å². The number of aromatic amines is 1. The van der Waals surface area contributed by atoms with Crippen molar-refractivity contribution in [1.29, 1.82) is 0 Å². The largest absolute Gasteiger partial charge is 0.497 e. The number of fused-ring (bicyclic) bond motifs is 1. The van der Waals surface area contributed by atoms with Crippen LogP contribution in [0, 0.1) is 20.8 Å². The fourth-order valence-corrected chi connectivity index (χ4v) is 5.33. The van der Waals surface area contributed by atoms with Gasteiger partial charge in [0.25, 0.3) is 5.56 Å². The molecule has 0 spiro atoms. The van der Waals surface area contributed by atoms with Gasteiger partial charge in [-0.25, -0.2) is 4.68 Å². The first-order valence-corrected chi connectivity index (χ1v) is 13.7.